The third kappa shape index (κ3) is 4.65. The van der Waals surface area contributed by atoms with Gasteiger partial charge in [0.1, 0.15) is 0 Å². The Morgan fingerprint density at radius 1 is 1.12 bits per heavy atom. The van der Waals surface area contributed by atoms with Crippen LogP contribution < -0.4 is 5.32 Å². The molecule has 2 heterocycles. The van der Waals surface area contributed by atoms with Crippen LogP contribution in [0.4, 0.5) is 5.69 Å². The van der Waals surface area contributed by atoms with E-state index in [1.807, 2.05) is 25.1 Å². The molecular formula is C20H25N3O. The summed E-state index contributed by atoms with van der Waals surface area (Å²) in [7, 11) is 0. The van der Waals surface area contributed by atoms with E-state index < -0.39 is 0 Å². The highest BCUT2D eigenvalue weighted by Crippen LogP contribution is 2.17. The summed E-state index contributed by atoms with van der Waals surface area (Å²) in [6.45, 7) is 5.23. The molecule has 0 spiro atoms. The number of anilines is 1. The van der Waals surface area contributed by atoms with Gasteiger partial charge in [0.05, 0.1) is 5.56 Å². The predicted octanol–water partition coefficient (Wildman–Crippen LogP) is 4.02. The molecule has 1 amide bonds. The van der Waals surface area contributed by atoms with Gasteiger partial charge in [0.25, 0.3) is 5.91 Å². The van der Waals surface area contributed by atoms with E-state index in [9.17, 15) is 4.79 Å². The monoisotopic (exact) mass is 323 g/mol. The number of hydrogen-bond donors (Lipinski definition) is 1. The number of rotatable bonds is 4. The Labute approximate surface area is 143 Å². The Balaban J connectivity index is 1.65. The molecule has 1 aromatic carbocycles. The van der Waals surface area contributed by atoms with Crippen molar-refractivity contribution in [2.75, 3.05) is 18.4 Å². The van der Waals surface area contributed by atoms with Crippen LogP contribution in [0.2, 0.25) is 0 Å². The Kier molecular flexibility index (Phi) is 5.59. The molecule has 1 fully saturated rings. The van der Waals surface area contributed by atoms with E-state index in [1.165, 1.54) is 44.3 Å². The molecule has 24 heavy (non-hydrogen) atoms. The van der Waals surface area contributed by atoms with Crippen molar-refractivity contribution in [2.45, 2.75) is 39.2 Å². The van der Waals surface area contributed by atoms with E-state index in [0.717, 1.165) is 17.8 Å². The average molecular weight is 323 g/mol. The zero-order valence-corrected chi connectivity index (χ0v) is 14.3. The first kappa shape index (κ1) is 16.7. The minimum absolute atomic E-state index is 0.113. The quantitative estimate of drug-likeness (QED) is 0.924. The molecule has 1 aromatic heterocycles. The van der Waals surface area contributed by atoms with Gasteiger partial charge in [0, 0.05) is 24.6 Å². The lowest BCUT2D eigenvalue weighted by molar-refractivity contribution is 0.102. The van der Waals surface area contributed by atoms with Crippen LogP contribution in [0.1, 0.15) is 47.2 Å². The molecule has 0 saturated carbocycles. The van der Waals surface area contributed by atoms with Crippen molar-refractivity contribution in [1.82, 2.24) is 9.88 Å². The summed E-state index contributed by atoms with van der Waals surface area (Å²) in [4.78, 5) is 18.9. The molecule has 126 valence electrons. The summed E-state index contributed by atoms with van der Waals surface area (Å²) in [5, 5.41) is 2.98. The van der Waals surface area contributed by atoms with Crippen LogP contribution in [-0.4, -0.2) is 28.9 Å². The molecule has 0 unspecified atom stereocenters. The summed E-state index contributed by atoms with van der Waals surface area (Å²) in [6.07, 6.45) is 8.61. The van der Waals surface area contributed by atoms with Crippen LogP contribution in [0, 0.1) is 6.92 Å². The van der Waals surface area contributed by atoms with Crippen LogP contribution >= 0.6 is 0 Å². The molecule has 1 aliphatic heterocycles. The third-order valence-electron chi connectivity index (χ3n) is 4.43. The summed E-state index contributed by atoms with van der Waals surface area (Å²) in [5.74, 6) is -0.113. The van der Waals surface area contributed by atoms with E-state index in [4.69, 9.17) is 0 Å². The average Bonchev–Trinajstić information content (AvgIpc) is 2.84. The zero-order valence-electron chi connectivity index (χ0n) is 14.3. The second-order valence-corrected chi connectivity index (χ2v) is 6.60. The first-order valence-electron chi connectivity index (χ1n) is 8.75. The normalized spacial score (nSPS) is 15.7. The Morgan fingerprint density at radius 2 is 1.92 bits per heavy atom. The zero-order chi connectivity index (χ0) is 16.8. The lowest BCUT2D eigenvalue weighted by Crippen LogP contribution is -2.24. The standard InChI is InChI=1S/C20H25N3O/c1-16-11-18(14-21-13-16)20(24)22-19-8-6-7-17(12-19)15-23-9-4-2-3-5-10-23/h6-8,11-14H,2-5,9-10,15H2,1H3,(H,22,24). The highest BCUT2D eigenvalue weighted by molar-refractivity contribution is 6.04. The molecule has 0 radical (unpaired) electrons. The first-order chi connectivity index (χ1) is 11.7. The minimum Gasteiger partial charge on any atom is -0.322 e. The number of nitrogens with zero attached hydrogens (tertiary/aromatic N) is 2. The molecular weight excluding hydrogens is 298 g/mol. The highest BCUT2D eigenvalue weighted by atomic mass is 16.1. The number of amides is 1. The van der Waals surface area contributed by atoms with Gasteiger partial charge in [-0.1, -0.05) is 25.0 Å². The van der Waals surface area contributed by atoms with E-state index in [0.29, 0.717) is 5.56 Å². The van der Waals surface area contributed by atoms with Gasteiger partial charge in [-0.3, -0.25) is 14.7 Å². The van der Waals surface area contributed by atoms with Gasteiger partial charge in [-0.15, -0.1) is 0 Å². The number of carbonyl (C=O) groups is 1. The van der Waals surface area contributed by atoms with Gasteiger partial charge in [0.15, 0.2) is 0 Å². The maximum atomic E-state index is 12.4. The predicted molar refractivity (Wildman–Crippen MR) is 97.1 cm³/mol. The van der Waals surface area contributed by atoms with Crippen molar-refractivity contribution in [2.24, 2.45) is 0 Å². The number of hydrogen-bond acceptors (Lipinski definition) is 3. The number of aryl methyl sites for hydroxylation is 1. The number of benzene rings is 1. The second-order valence-electron chi connectivity index (χ2n) is 6.60. The third-order valence-corrected chi connectivity index (χ3v) is 4.43. The minimum atomic E-state index is -0.113. The maximum Gasteiger partial charge on any atom is 0.257 e. The van der Waals surface area contributed by atoms with Crippen molar-refractivity contribution in [3.63, 3.8) is 0 Å². The maximum absolute atomic E-state index is 12.4. The van der Waals surface area contributed by atoms with Gasteiger partial charge < -0.3 is 5.32 Å². The van der Waals surface area contributed by atoms with Crippen molar-refractivity contribution in [1.29, 1.82) is 0 Å². The molecule has 1 saturated heterocycles. The summed E-state index contributed by atoms with van der Waals surface area (Å²) < 4.78 is 0. The van der Waals surface area contributed by atoms with Crippen molar-refractivity contribution in [3.05, 3.63) is 59.4 Å². The molecule has 3 rings (SSSR count). The smallest absolute Gasteiger partial charge is 0.257 e. The molecule has 0 bridgehead atoms. The Hall–Kier alpha value is -2.20. The van der Waals surface area contributed by atoms with Gasteiger partial charge in [0.2, 0.25) is 0 Å². The SMILES string of the molecule is Cc1cncc(C(=O)Nc2cccc(CN3CCCCCC3)c2)c1. The van der Waals surface area contributed by atoms with Crippen LogP contribution in [0.25, 0.3) is 0 Å². The molecule has 1 N–H and O–H groups in total. The number of aromatic nitrogens is 1. The summed E-state index contributed by atoms with van der Waals surface area (Å²) in [6, 6.07) is 10.0. The van der Waals surface area contributed by atoms with Crippen molar-refractivity contribution < 1.29 is 4.79 Å². The van der Waals surface area contributed by atoms with Crippen molar-refractivity contribution in [3.8, 4) is 0 Å². The number of likely N-dealkylation sites (tertiary alicyclic amines) is 1. The van der Waals surface area contributed by atoms with Gasteiger partial charge in [-0.2, -0.15) is 0 Å². The fourth-order valence-corrected chi connectivity index (χ4v) is 3.18. The van der Waals surface area contributed by atoms with E-state index in [1.54, 1.807) is 12.4 Å². The van der Waals surface area contributed by atoms with Gasteiger partial charge in [-0.25, -0.2) is 0 Å². The summed E-state index contributed by atoms with van der Waals surface area (Å²) in [5.41, 5.74) is 3.66. The van der Waals surface area contributed by atoms with Gasteiger partial charge >= 0.3 is 0 Å². The number of pyridine rings is 1. The molecule has 4 nitrogen and oxygen atoms in total. The number of nitrogens with one attached hydrogen (secondary N) is 1. The van der Waals surface area contributed by atoms with Crippen molar-refractivity contribution >= 4 is 11.6 Å². The Bertz CT molecular complexity index is 691. The molecule has 0 aliphatic carbocycles. The van der Waals surface area contributed by atoms with Crippen LogP contribution in [0.5, 0.6) is 0 Å². The fourth-order valence-electron chi connectivity index (χ4n) is 3.18. The van der Waals surface area contributed by atoms with Crippen LogP contribution in [0.15, 0.2) is 42.7 Å². The lowest BCUT2D eigenvalue weighted by atomic mass is 10.1. The topological polar surface area (TPSA) is 45.2 Å². The largest absolute Gasteiger partial charge is 0.322 e. The molecule has 2 aromatic rings. The van der Waals surface area contributed by atoms with E-state index in [-0.39, 0.29) is 5.91 Å². The lowest BCUT2D eigenvalue weighted by Gasteiger charge is -2.20. The van der Waals surface area contributed by atoms with E-state index in [2.05, 4.69) is 27.3 Å². The molecule has 1 aliphatic rings. The second kappa shape index (κ2) is 8.06. The van der Waals surface area contributed by atoms with E-state index >= 15 is 0 Å². The number of carbonyl (C=O) groups excluding carboxylic acids is 1. The Morgan fingerprint density at radius 3 is 2.67 bits per heavy atom. The first-order valence-corrected chi connectivity index (χ1v) is 8.75. The molecule has 4 heteroatoms. The summed E-state index contributed by atoms with van der Waals surface area (Å²) >= 11 is 0. The highest BCUT2D eigenvalue weighted by Gasteiger charge is 2.11. The molecule has 0 atom stereocenters. The van der Waals surface area contributed by atoms with Crippen LogP contribution in [-0.2, 0) is 6.54 Å². The fraction of sp³-hybridized carbons (Fsp3) is 0.400. The van der Waals surface area contributed by atoms with Gasteiger partial charge in [-0.05, 0) is 62.2 Å². The van der Waals surface area contributed by atoms with Crippen LogP contribution in [0.3, 0.4) is 0 Å².